The number of hydroxylamine groups is 1. The number of nitrogens with one attached hydrogen (secondary N) is 1. The summed E-state index contributed by atoms with van der Waals surface area (Å²) in [5, 5.41) is 21.5. The standard InChI is InChI=1S/C13H27N2O3/c1-4-5-6-7-8-9-10-15(17)14-13(11-18-3)12(2)16/h9-10,12-14,16H,4-8,11H2,1-3H3/q-1. The maximum atomic E-state index is 11.5. The predicted octanol–water partition coefficient (Wildman–Crippen LogP) is 2.17. The lowest BCUT2D eigenvalue weighted by molar-refractivity contribution is 0.0569. The van der Waals surface area contributed by atoms with E-state index in [1.165, 1.54) is 32.6 Å². The van der Waals surface area contributed by atoms with Crippen LogP contribution in [0, 0.1) is 5.21 Å². The second-order valence-corrected chi connectivity index (χ2v) is 4.49. The van der Waals surface area contributed by atoms with Crippen molar-refractivity contribution in [1.82, 2.24) is 10.6 Å². The van der Waals surface area contributed by atoms with E-state index in [0.717, 1.165) is 12.8 Å². The van der Waals surface area contributed by atoms with Gasteiger partial charge in [-0.3, -0.25) is 0 Å². The highest BCUT2D eigenvalue weighted by atomic mass is 16.5. The first-order valence-electron chi connectivity index (χ1n) is 6.68. The van der Waals surface area contributed by atoms with Crippen molar-refractivity contribution >= 4 is 0 Å². The van der Waals surface area contributed by atoms with Crippen molar-refractivity contribution in [2.75, 3.05) is 13.7 Å². The Bertz CT molecular complexity index is 210. The SMILES string of the molecule is CCCCCCC=CN([O-])NC(COC)C(C)O. The van der Waals surface area contributed by atoms with Gasteiger partial charge in [-0.05, 0) is 26.0 Å². The summed E-state index contributed by atoms with van der Waals surface area (Å²) < 4.78 is 4.92. The molecule has 0 aliphatic carbocycles. The zero-order chi connectivity index (χ0) is 13.8. The number of nitrogens with zero attached hydrogens (tertiary/aromatic N) is 1. The van der Waals surface area contributed by atoms with Crippen LogP contribution >= 0.6 is 0 Å². The molecule has 0 aliphatic heterocycles. The van der Waals surface area contributed by atoms with E-state index < -0.39 is 12.1 Å². The lowest BCUT2D eigenvalue weighted by atomic mass is 10.1. The monoisotopic (exact) mass is 259 g/mol. The molecular formula is C13H27N2O3-. The van der Waals surface area contributed by atoms with E-state index in [2.05, 4.69) is 12.3 Å². The quantitative estimate of drug-likeness (QED) is 0.439. The Morgan fingerprint density at radius 2 is 2.11 bits per heavy atom. The second-order valence-electron chi connectivity index (χ2n) is 4.49. The minimum absolute atomic E-state index is 0.292. The van der Waals surface area contributed by atoms with Gasteiger partial charge in [0, 0.05) is 7.11 Å². The number of methoxy groups -OCH3 is 1. The molecule has 2 N–H and O–H groups in total. The summed E-state index contributed by atoms with van der Waals surface area (Å²) in [5.41, 5.74) is 2.64. The van der Waals surface area contributed by atoms with Crippen LogP contribution in [0.3, 0.4) is 0 Å². The first kappa shape index (κ1) is 17.4. The van der Waals surface area contributed by atoms with E-state index in [1.807, 2.05) is 6.08 Å². The highest BCUT2D eigenvalue weighted by Gasteiger charge is 2.13. The Morgan fingerprint density at radius 3 is 2.67 bits per heavy atom. The summed E-state index contributed by atoms with van der Waals surface area (Å²) in [6, 6.07) is -0.391. The van der Waals surface area contributed by atoms with Crippen LogP contribution in [-0.4, -0.2) is 36.1 Å². The molecule has 2 atom stereocenters. The molecule has 0 spiro atoms. The highest BCUT2D eigenvalue weighted by Crippen LogP contribution is 2.03. The molecule has 108 valence electrons. The van der Waals surface area contributed by atoms with Crippen LogP contribution < -0.4 is 5.43 Å². The number of aliphatic hydroxyl groups is 1. The summed E-state index contributed by atoms with van der Waals surface area (Å²) in [5.74, 6) is 0. The van der Waals surface area contributed by atoms with Gasteiger partial charge in [0.1, 0.15) is 0 Å². The second kappa shape index (κ2) is 11.5. The van der Waals surface area contributed by atoms with E-state index in [9.17, 15) is 10.3 Å². The molecule has 0 saturated carbocycles. The topological polar surface area (TPSA) is 67.8 Å². The third-order valence-electron chi connectivity index (χ3n) is 2.69. The molecule has 0 amide bonds. The molecule has 0 aromatic carbocycles. The largest absolute Gasteiger partial charge is 0.744 e. The number of rotatable bonds is 11. The Kier molecular flexibility index (Phi) is 11.1. The molecule has 0 aliphatic rings. The lowest BCUT2D eigenvalue weighted by Gasteiger charge is -2.33. The van der Waals surface area contributed by atoms with Crippen LogP contribution in [0.5, 0.6) is 0 Å². The smallest absolute Gasteiger partial charge is 0.0744 e. The fraction of sp³-hybridized carbons (Fsp3) is 0.846. The van der Waals surface area contributed by atoms with Crippen molar-refractivity contribution in [2.45, 2.75) is 58.1 Å². The van der Waals surface area contributed by atoms with Crippen molar-refractivity contribution in [3.05, 3.63) is 17.5 Å². The molecular weight excluding hydrogens is 232 g/mol. The molecule has 0 rings (SSSR count). The van der Waals surface area contributed by atoms with Gasteiger partial charge in [0.15, 0.2) is 0 Å². The molecule has 18 heavy (non-hydrogen) atoms. The molecule has 5 heteroatoms. The number of hydrogen-bond acceptors (Lipinski definition) is 5. The summed E-state index contributed by atoms with van der Waals surface area (Å²) in [6.07, 6.45) is 8.34. The zero-order valence-electron chi connectivity index (χ0n) is 11.8. The molecule has 0 heterocycles. The number of hydrazine groups is 1. The van der Waals surface area contributed by atoms with Gasteiger partial charge in [-0.15, -0.1) is 0 Å². The van der Waals surface area contributed by atoms with E-state index >= 15 is 0 Å². The molecule has 5 nitrogen and oxygen atoms in total. The van der Waals surface area contributed by atoms with Gasteiger partial charge in [-0.1, -0.05) is 32.3 Å². The predicted molar refractivity (Wildman–Crippen MR) is 73.6 cm³/mol. The van der Waals surface area contributed by atoms with Gasteiger partial charge in [0.05, 0.1) is 18.8 Å². The minimum atomic E-state index is -0.639. The highest BCUT2D eigenvalue weighted by molar-refractivity contribution is 4.83. The van der Waals surface area contributed by atoms with Crippen LogP contribution in [0.25, 0.3) is 0 Å². The maximum Gasteiger partial charge on any atom is 0.0744 e. The average molecular weight is 259 g/mol. The number of unbranched alkanes of at least 4 members (excludes halogenated alkanes) is 4. The number of hydrogen-bond donors (Lipinski definition) is 2. The minimum Gasteiger partial charge on any atom is -0.744 e. The zero-order valence-corrected chi connectivity index (χ0v) is 11.8. The van der Waals surface area contributed by atoms with E-state index in [1.54, 1.807) is 6.92 Å². The molecule has 0 aromatic rings. The average Bonchev–Trinajstić information content (AvgIpc) is 2.33. The molecule has 0 bridgehead atoms. The van der Waals surface area contributed by atoms with Gasteiger partial charge in [0.25, 0.3) is 0 Å². The van der Waals surface area contributed by atoms with E-state index in [0.29, 0.717) is 11.8 Å². The van der Waals surface area contributed by atoms with Crippen molar-refractivity contribution in [3.8, 4) is 0 Å². The number of aliphatic hydroxyl groups excluding tert-OH is 1. The van der Waals surface area contributed by atoms with Gasteiger partial charge >= 0.3 is 0 Å². The normalized spacial score (nSPS) is 14.9. The summed E-state index contributed by atoms with van der Waals surface area (Å²) in [7, 11) is 1.54. The van der Waals surface area contributed by atoms with Crippen LogP contribution in [0.1, 0.15) is 46.0 Å². The maximum absolute atomic E-state index is 11.5. The third kappa shape index (κ3) is 9.41. The Balaban J connectivity index is 3.78. The number of allylic oxidation sites excluding steroid dienone is 1. The van der Waals surface area contributed by atoms with Crippen molar-refractivity contribution in [3.63, 3.8) is 0 Å². The van der Waals surface area contributed by atoms with Crippen LogP contribution in [0.15, 0.2) is 12.3 Å². The molecule has 2 unspecified atom stereocenters. The van der Waals surface area contributed by atoms with Crippen LogP contribution in [0.4, 0.5) is 0 Å². The van der Waals surface area contributed by atoms with Gasteiger partial charge in [-0.25, -0.2) is 5.43 Å². The van der Waals surface area contributed by atoms with Crippen LogP contribution in [0.2, 0.25) is 0 Å². The van der Waals surface area contributed by atoms with E-state index in [-0.39, 0.29) is 0 Å². The lowest BCUT2D eigenvalue weighted by Crippen LogP contribution is -2.47. The fourth-order valence-electron chi connectivity index (χ4n) is 1.53. The third-order valence-corrected chi connectivity index (χ3v) is 2.69. The molecule has 0 fully saturated rings. The van der Waals surface area contributed by atoms with Gasteiger partial charge in [-0.2, -0.15) is 0 Å². The van der Waals surface area contributed by atoms with Crippen molar-refractivity contribution < 1.29 is 9.84 Å². The first-order valence-corrected chi connectivity index (χ1v) is 6.68. The van der Waals surface area contributed by atoms with Gasteiger partial charge < -0.3 is 20.2 Å². The van der Waals surface area contributed by atoms with Crippen molar-refractivity contribution in [1.29, 1.82) is 0 Å². The first-order chi connectivity index (χ1) is 8.61. The Hall–Kier alpha value is -0.620. The van der Waals surface area contributed by atoms with Crippen LogP contribution in [-0.2, 0) is 4.74 Å². The molecule has 0 radical (unpaired) electrons. The van der Waals surface area contributed by atoms with Crippen molar-refractivity contribution in [2.24, 2.45) is 0 Å². The summed E-state index contributed by atoms with van der Waals surface area (Å²) >= 11 is 0. The fourth-order valence-corrected chi connectivity index (χ4v) is 1.53. The summed E-state index contributed by atoms with van der Waals surface area (Å²) in [4.78, 5) is 0. The Morgan fingerprint density at radius 1 is 1.39 bits per heavy atom. The van der Waals surface area contributed by atoms with Gasteiger partial charge in [0.2, 0.25) is 0 Å². The molecule has 0 saturated heterocycles. The number of ether oxygens (including phenoxy) is 1. The molecule has 0 aromatic heterocycles. The Labute approximate surface area is 110 Å². The van der Waals surface area contributed by atoms with E-state index in [4.69, 9.17) is 4.74 Å². The summed E-state index contributed by atoms with van der Waals surface area (Å²) in [6.45, 7) is 4.09.